The van der Waals surface area contributed by atoms with Crippen LogP contribution in [0.25, 0.3) is 17.0 Å². The van der Waals surface area contributed by atoms with Gasteiger partial charge in [-0.15, -0.1) is 0 Å². The van der Waals surface area contributed by atoms with Gasteiger partial charge >= 0.3 is 11.9 Å². The zero-order valence-corrected chi connectivity index (χ0v) is 16.3. The molecule has 1 aliphatic rings. The fourth-order valence-electron chi connectivity index (χ4n) is 3.56. The number of hydrogen-bond donors (Lipinski definition) is 1. The highest BCUT2D eigenvalue weighted by Crippen LogP contribution is 2.45. The number of nitrogens with zero attached hydrogens (tertiary/aromatic N) is 1. The number of benzene rings is 1. The number of carboxylic acid groups (broad SMARTS) is 1. The molecule has 1 fully saturated rings. The molecule has 3 rings (SSSR count). The first-order chi connectivity index (χ1) is 13.6. The third kappa shape index (κ3) is 4.78. The van der Waals surface area contributed by atoms with Gasteiger partial charge in [0, 0.05) is 25.2 Å². The van der Waals surface area contributed by atoms with Crippen molar-refractivity contribution in [1.82, 2.24) is 4.98 Å². The van der Waals surface area contributed by atoms with E-state index in [1.807, 2.05) is 18.2 Å². The van der Waals surface area contributed by atoms with Crippen molar-refractivity contribution in [3.63, 3.8) is 0 Å². The molecule has 1 atom stereocenters. The van der Waals surface area contributed by atoms with Crippen molar-refractivity contribution in [2.75, 3.05) is 0 Å². The molecule has 1 heterocycles. The van der Waals surface area contributed by atoms with Crippen molar-refractivity contribution in [2.45, 2.75) is 51.6 Å². The number of halogens is 2. The number of esters is 1. The Balaban J connectivity index is 1.87. The first kappa shape index (κ1) is 20.9. The lowest BCUT2D eigenvalue weighted by Crippen LogP contribution is -2.37. The van der Waals surface area contributed by atoms with E-state index >= 15 is 0 Å². The summed E-state index contributed by atoms with van der Waals surface area (Å²) >= 11 is 0. The Labute approximate surface area is 167 Å². The van der Waals surface area contributed by atoms with Gasteiger partial charge in [-0.1, -0.05) is 30.4 Å². The number of aromatic nitrogens is 1. The van der Waals surface area contributed by atoms with Crippen LogP contribution in [0, 0.1) is 5.41 Å². The molecule has 1 N–H and O–H groups in total. The monoisotopic (exact) mass is 403 g/mol. The first-order valence-electron chi connectivity index (χ1n) is 9.49. The van der Waals surface area contributed by atoms with Gasteiger partial charge in [0.2, 0.25) is 5.92 Å². The summed E-state index contributed by atoms with van der Waals surface area (Å²) in [6, 6.07) is 9.12. The SMILES string of the molecule is CC(=O)OC(C)c1ccc2ccc(C=CC3(C(=O)O)CCC(F)(F)CC3)cc2n1. The van der Waals surface area contributed by atoms with E-state index in [1.165, 1.54) is 13.0 Å². The molecule has 0 saturated heterocycles. The number of rotatable bonds is 5. The summed E-state index contributed by atoms with van der Waals surface area (Å²) in [5, 5.41) is 10.5. The van der Waals surface area contributed by atoms with Crippen molar-refractivity contribution in [3.05, 3.63) is 47.7 Å². The second-order valence-electron chi connectivity index (χ2n) is 7.59. The summed E-state index contributed by atoms with van der Waals surface area (Å²) in [7, 11) is 0. The van der Waals surface area contributed by atoms with Crippen molar-refractivity contribution in [1.29, 1.82) is 0 Å². The summed E-state index contributed by atoms with van der Waals surface area (Å²) in [5.41, 5.74) is 0.712. The van der Waals surface area contributed by atoms with E-state index in [-0.39, 0.29) is 12.8 Å². The Morgan fingerprint density at radius 2 is 1.83 bits per heavy atom. The van der Waals surface area contributed by atoms with Crippen LogP contribution >= 0.6 is 0 Å². The second kappa shape index (κ2) is 7.89. The third-order valence-electron chi connectivity index (χ3n) is 5.39. The topological polar surface area (TPSA) is 76.5 Å². The molecule has 29 heavy (non-hydrogen) atoms. The maximum Gasteiger partial charge on any atom is 0.313 e. The van der Waals surface area contributed by atoms with E-state index in [2.05, 4.69) is 4.98 Å². The van der Waals surface area contributed by atoms with E-state index in [1.54, 1.807) is 25.1 Å². The maximum absolute atomic E-state index is 13.5. The van der Waals surface area contributed by atoms with Gasteiger partial charge in [-0.05, 0) is 37.5 Å². The van der Waals surface area contributed by atoms with Gasteiger partial charge in [0.15, 0.2) is 0 Å². The normalized spacial score (nSPS) is 19.2. The van der Waals surface area contributed by atoms with E-state index < -0.39 is 42.2 Å². The summed E-state index contributed by atoms with van der Waals surface area (Å²) < 4.78 is 32.1. The molecule has 1 aromatic heterocycles. The first-order valence-corrected chi connectivity index (χ1v) is 9.49. The number of carboxylic acids is 1. The lowest BCUT2D eigenvalue weighted by atomic mass is 9.72. The van der Waals surface area contributed by atoms with Crippen molar-refractivity contribution >= 4 is 28.9 Å². The number of alkyl halides is 2. The van der Waals surface area contributed by atoms with Crippen LogP contribution in [-0.4, -0.2) is 28.0 Å². The highest BCUT2D eigenvalue weighted by molar-refractivity contribution is 5.83. The molecule has 7 heteroatoms. The van der Waals surface area contributed by atoms with Crippen LogP contribution in [0.5, 0.6) is 0 Å². The number of pyridine rings is 1. The zero-order chi connectivity index (χ0) is 21.2. The molecule has 0 amide bonds. The van der Waals surface area contributed by atoms with Gasteiger partial charge < -0.3 is 9.84 Å². The quantitative estimate of drug-likeness (QED) is 0.699. The van der Waals surface area contributed by atoms with Crippen LogP contribution in [0.2, 0.25) is 0 Å². The number of carbonyl (C=O) groups excluding carboxylic acids is 1. The zero-order valence-electron chi connectivity index (χ0n) is 16.3. The second-order valence-corrected chi connectivity index (χ2v) is 7.59. The number of aliphatic carboxylic acids is 1. The highest BCUT2D eigenvalue weighted by Gasteiger charge is 2.46. The molecule has 5 nitrogen and oxygen atoms in total. The maximum atomic E-state index is 13.5. The van der Waals surface area contributed by atoms with Crippen LogP contribution in [0.4, 0.5) is 8.78 Å². The summed E-state index contributed by atoms with van der Waals surface area (Å²) in [6.07, 6.45) is 1.64. The molecule has 0 aliphatic heterocycles. The molecular formula is C22H23F2NO4. The minimum atomic E-state index is -2.80. The van der Waals surface area contributed by atoms with Crippen LogP contribution in [-0.2, 0) is 14.3 Å². The summed E-state index contributed by atoms with van der Waals surface area (Å²) in [6.45, 7) is 3.06. The van der Waals surface area contributed by atoms with Gasteiger partial charge in [-0.3, -0.25) is 9.59 Å². The summed E-state index contributed by atoms with van der Waals surface area (Å²) in [5.74, 6) is -4.27. The number of ether oxygens (including phenoxy) is 1. The van der Waals surface area contributed by atoms with Crippen molar-refractivity contribution in [3.8, 4) is 0 Å². The van der Waals surface area contributed by atoms with Crippen LogP contribution in [0.3, 0.4) is 0 Å². The third-order valence-corrected chi connectivity index (χ3v) is 5.39. The fraction of sp³-hybridized carbons (Fsp3) is 0.409. The fourth-order valence-corrected chi connectivity index (χ4v) is 3.56. The molecule has 1 unspecified atom stereocenters. The average Bonchev–Trinajstić information content (AvgIpc) is 2.66. The van der Waals surface area contributed by atoms with Gasteiger partial charge in [0.1, 0.15) is 6.10 Å². The van der Waals surface area contributed by atoms with Crippen LogP contribution in [0.1, 0.15) is 56.9 Å². The smallest absolute Gasteiger partial charge is 0.313 e. The highest BCUT2D eigenvalue weighted by atomic mass is 19.3. The molecule has 0 bridgehead atoms. The van der Waals surface area contributed by atoms with Crippen molar-refractivity contribution < 1.29 is 28.2 Å². The minimum absolute atomic E-state index is 0.0955. The van der Waals surface area contributed by atoms with Gasteiger partial charge in [0.25, 0.3) is 0 Å². The predicted molar refractivity (Wildman–Crippen MR) is 104 cm³/mol. The van der Waals surface area contributed by atoms with Crippen LogP contribution < -0.4 is 0 Å². The van der Waals surface area contributed by atoms with Gasteiger partial charge in [-0.2, -0.15) is 0 Å². The lowest BCUT2D eigenvalue weighted by Gasteiger charge is -2.34. The molecule has 0 radical (unpaired) electrons. The predicted octanol–water partition coefficient (Wildman–Crippen LogP) is 5.15. The number of fused-ring (bicyclic) bond motifs is 1. The number of carbonyl (C=O) groups is 2. The molecule has 154 valence electrons. The van der Waals surface area contributed by atoms with Crippen LogP contribution in [0.15, 0.2) is 36.4 Å². The minimum Gasteiger partial charge on any atom is -0.481 e. The Kier molecular flexibility index (Phi) is 5.68. The van der Waals surface area contributed by atoms with E-state index in [9.17, 15) is 23.5 Å². The summed E-state index contributed by atoms with van der Waals surface area (Å²) in [4.78, 5) is 27.5. The lowest BCUT2D eigenvalue weighted by molar-refractivity contribution is -0.152. The Hall–Kier alpha value is -2.83. The average molecular weight is 403 g/mol. The Bertz CT molecular complexity index is 960. The van der Waals surface area contributed by atoms with E-state index in [4.69, 9.17) is 4.74 Å². The molecule has 1 aliphatic carbocycles. The van der Waals surface area contributed by atoms with E-state index in [0.29, 0.717) is 11.2 Å². The largest absolute Gasteiger partial charge is 0.481 e. The van der Waals surface area contributed by atoms with E-state index in [0.717, 1.165) is 10.9 Å². The molecule has 2 aromatic rings. The van der Waals surface area contributed by atoms with Crippen molar-refractivity contribution in [2.24, 2.45) is 5.41 Å². The standard InChI is InChI=1S/C22H23F2NO4/c1-14(29-15(2)26)18-6-5-17-4-3-16(13-19(17)25-18)7-8-21(20(27)28)9-11-22(23,24)12-10-21/h3-8,13-14H,9-12H2,1-2H3,(H,27,28). The Morgan fingerprint density at radius 1 is 1.17 bits per heavy atom. The van der Waals surface area contributed by atoms with Gasteiger partial charge in [-0.25, -0.2) is 13.8 Å². The molecule has 1 saturated carbocycles. The molecular weight excluding hydrogens is 380 g/mol. The molecule has 0 spiro atoms. The Morgan fingerprint density at radius 3 is 2.45 bits per heavy atom. The van der Waals surface area contributed by atoms with Gasteiger partial charge in [0.05, 0.1) is 16.6 Å². The number of hydrogen-bond acceptors (Lipinski definition) is 4. The molecule has 1 aromatic carbocycles.